The minimum Gasteiger partial charge on any atom is -0.449 e. The molecule has 1 saturated carbocycles. The van der Waals surface area contributed by atoms with Gasteiger partial charge in [0.05, 0.1) is 6.10 Å². The maximum atomic E-state index is 12.1. The number of hydrogen-bond acceptors (Lipinski definition) is 3. The molecule has 4 heteroatoms. The van der Waals surface area contributed by atoms with Crippen molar-refractivity contribution in [1.82, 2.24) is 5.32 Å². The average Bonchev–Trinajstić information content (AvgIpc) is 3.19. The van der Waals surface area contributed by atoms with Crippen molar-refractivity contribution in [2.45, 2.75) is 31.3 Å². The second-order valence-corrected chi connectivity index (χ2v) is 6.96. The van der Waals surface area contributed by atoms with Gasteiger partial charge in [0.2, 0.25) is 0 Å². The molecule has 2 N–H and O–H groups in total. The standard InChI is InChI=1S/C21H23NO3/c23-20-11-5-6-14(20)12-22-21(24)25-13-19-17-9-3-1-7-15(17)16-8-2-4-10-18(16)19/h1-4,7-10,14,19-20,23H,5-6,11-13H2,(H,22,24)/t14-,20-/m1/s1. The number of alkyl carbamates (subject to hydrolysis) is 1. The predicted octanol–water partition coefficient (Wildman–Crippen LogP) is 3.69. The molecule has 2 aromatic rings. The van der Waals surface area contributed by atoms with E-state index in [0.717, 1.165) is 19.3 Å². The first-order chi connectivity index (χ1) is 12.2. The highest BCUT2D eigenvalue weighted by molar-refractivity contribution is 5.79. The van der Waals surface area contributed by atoms with Crippen LogP contribution in [0.2, 0.25) is 0 Å². The number of carbonyl (C=O) groups excluding carboxylic acids is 1. The number of carbonyl (C=O) groups is 1. The lowest BCUT2D eigenvalue weighted by atomic mass is 9.98. The van der Waals surface area contributed by atoms with Gasteiger partial charge in [0.25, 0.3) is 0 Å². The SMILES string of the molecule is O=C(NC[C@H]1CCC[C@H]1O)OCC1c2ccccc2-c2ccccc21. The maximum absolute atomic E-state index is 12.1. The van der Waals surface area contributed by atoms with Crippen LogP contribution >= 0.6 is 0 Å². The Hall–Kier alpha value is -2.33. The maximum Gasteiger partial charge on any atom is 0.407 e. The molecule has 2 atom stereocenters. The number of aliphatic hydroxyl groups excluding tert-OH is 1. The molecule has 4 nitrogen and oxygen atoms in total. The van der Waals surface area contributed by atoms with Crippen molar-refractivity contribution >= 4 is 6.09 Å². The molecule has 130 valence electrons. The molecule has 2 aromatic carbocycles. The van der Waals surface area contributed by atoms with Gasteiger partial charge in [-0.1, -0.05) is 55.0 Å². The molecule has 0 aliphatic heterocycles. The Balaban J connectivity index is 1.40. The first-order valence-electron chi connectivity index (χ1n) is 9.01. The number of amides is 1. The third-order valence-corrected chi connectivity index (χ3v) is 5.47. The highest BCUT2D eigenvalue weighted by Crippen LogP contribution is 2.44. The molecular formula is C21H23NO3. The van der Waals surface area contributed by atoms with E-state index in [9.17, 15) is 9.90 Å². The molecule has 0 bridgehead atoms. The van der Waals surface area contributed by atoms with Gasteiger partial charge in [0, 0.05) is 18.4 Å². The van der Waals surface area contributed by atoms with Crippen molar-refractivity contribution < 1.29 is 14.6 Å². The molecule has 1 amide bonds. The van der Waals surface area contributed by atoms with Crippen LogP contribution in [0.4, 0.5) is 4.79 Å². The zero-order valence-corrected chi connectivity index (χ0v) is 14.2. The van der Waals surface area contributed by atoms with E-state index in [1.165, 1.54) is 22.3 Å². The van der Waals surface area contributed by atoms with Crippen LogP contribution in [0.3, 0.4) is 0 Å². The molecule has 2 aliphatic rings. The Morgan fingerprint density at radius 3 is 2.28 bits per heavy atom. The van der Waals surface area contributed by atoms with Crippen molar-refractivity contribution in [3.63, 3.8) is 0 Å². The number of hydrogen-bond donors (Lipinski definition) is 2. The van der Waals surface area contributed by atoms with Crippen LogP contribution in [0.15, 0.2) is 48.5 Å². The van der Waals surface area contributed by atoms with Crippen LogP contribution in [0.5, 0.6) is 0 Å². The zero-order valence-electron chi connectivity index (χ0n) is 14.2. The minimum absolute atomic E-state index is 0.0789. The monoisotopic (exact) mass is 337 g/mol. The van der Waals surface area contributed by atoms with Crippen LogP contribution in [0.25, 0.3) is 11.1 Å². The van der Waals surface area contributed by atoms with E-state index in [-0.39, 0.29) is 17.9 Å². The number of rotatable bonds is 4. The van der Waals surface area contributed by atoms with Gasteiger partial charge in [-0.05, 0) is 35.1 Å². The van der Waals surface area contributed by atoms with Crippen molar-refractivity contribution in [3.8, 4) is 11.1 Å². The van der Waals surface area contributed by atoms with E-state index in [1.54, 1.807) is 0 Å². The highest BCUT2D eigenvalue weighted by Gasteiger charge is 2.29. The average molecular weight is 337 g/mol. The Labute approximate surface area is 147 Å². The first kappa shape index (κ1) is 16.2. The van der Waals surface area contributed by atoms with Crippen molar-refractivity contribution in [3.05, 3.63) is 59.7 Å². The number of benzene rings is 2. The molecule has 2 aliphatic carbocycles. The zero-order chi connectivity index (χ0) is 17.2. The Morgan fingerprint density at radius 2 is 1.68 bits per heavy atom. The summed E-state index contributed by atoms with van der Waals surface area (Å²) in [5, 5.41) is 12.6. The van der Waals surface area contributed by atoms with Crippen LogP contribution in [0, 0.1) is 5.92 Å². The number of ether oxygens (including phenoxy) is 1. The van der Waals surface area contributed by atoms with Crippen LogP contribution in [-0.4, -0.2) is 30.5 Å². The lowest BCUT2D eigenvalue weighted by Crippen LogP contribution is -2.33. The molecule has 0 radical (unpaired) electrons. The van der Waals surface area contributed by atoms with Gasteiger partial charge >= 0.3 is 6.09 Å². The Morgan fingerprint density at radius 1 is 1.04 bits per heavy atom. The van der Waals surface area contributed by atoms with E-state index < -0.39 is 6.09 Å². The predicted molar refractivity (Wildman–Crippen MR) is 96.4 cm³/mol. The fourth-order valence-corrected chi connectivity index (χ4v) is 4.12. The summed E-state index contributed by atoms with van der Waals surface area (Å²) in [7, 11) is 0. The normalized spacial score (nSPS) is 21.6. The molecular weight excluding hydrogens is 314 g/mol. The second-order valence-electron chi connectivity index (χ2n) is 6.96. The number of fused-ring (bicyclic) bond motifs is 3. The van der Waals surface area contributed by atoms with E-state index in [1.807, 2.05) is 24.3 Å². The second kappa shape index (κ2) is 6.89. The summed E-state index contributed by atoms with van der Waals surface area (Å²) in [6, 6.07) is 16.6. The fraction of sp³-hybridized carbons (Fsp3) is 0.381. The lowest BCUT2D eigenvalue weighted by molar-refractivity contribution is 0.119. The Bertz CT molecular complexity index is 728. The third kappa shape index (κ3) is 3.14. The fourth-order valence-electron chi connectivity index (χ4n) is 4.12. The van der Waals surface area contributed by atoms with Gasteiger partial charge in [0.1, 0.15) is 6.61 Å². The summed E-state index contributed by atoms with van der Waals surface area (Å²) in [4.78, 5) is 12.1. The van der Waals surface area contributed by atoms with Crippen LogP contribution in [0.1, 0.15) is 36.3 Å². The van der Waals surface area contributed by atoms with E-state index in [2.05, 4.69) is 29.6 Å². The number of aliphatic hydroxyl groups is 1. The summed E-state index contributed by atoms with van der Waals surface area (Å²) in [6.45, 7) is 0.810. The first-order valence-corrected chi connectivity index (χ1v) is 9.01. The van der Waals surface area contributed by atoms with E-state index >= 15 is 0 Å². The Kier molecular flexibility index (Phi) is 4.45. The third-order valence-electron chi connectivity index (χ3n) is 5.47. The molecule has 0 aromatic heterocycles. The topological polar surface area (TPSA) is 58.6 Å². The summed E-state index contributed by atoms with van der Waals surface area (Å²) in [5.41, 5.74) is 4.87. The molecule has 25 heavy (non-hydrogen) atoms. The van der Waals surface area contributed by atoms with E-state index in [4.69, 9.17) is 4.74 Å². The van der Waals surface area contributed by atoms with Crippen LogP contribution in [-0.2, 0) is 4.74 Å². The van der Waals surface area contributed by atoms with Gasteiger partial charge in [-0.2, -0.15) is 0 Å². The molecule has 1 fully saturated rings. The summed E-state index contributed by atoms with van der Waals surface area (Å²) < 4.78 is 5.50. The minimum atomic E-state index is -0.402. The molecule has 0 unspecified atom stereocenters. The largest absolute Gasteiger partial charge is 0.449 e. The van der Waals surface area contributed by atoms with Crippen LogP contribution < -0.4 is 5.32 Å². The summed E-state index contributed by atoms with van der Waals surface area (Å²) in [5.74, 6) is 0.232. The van der Waals surface area contributed by atoms with Crippen molar-refractivity contribution in [1.29, 1.82) is 0 Å². The lowest BCUT2D eigenvalue weighted by Gasteiger charge is -2.17. The van der Waals surface area contributed by atoms with Gasteiger partial charge in [-0.3, -0.25) is 0 Å². The molecule has 4 rings (SSSR count). The summed E-state index contributed by atoms with van der Waals surface area (Å²) in [6.07, 6.45) is 2.12. The number of nitrogens with one attached hydrogen (secondary N) is 1. The highest BCUT2D eigenvalue weighted by atomic mass is 16.5. The molecule has 0 heterocycles. The van der Waals surface area contributed by atoms with Gasteiger partial charge < -0.3 is 15.2 Å². The van der Waals surface area contributed by atoms with Crippen molar-refractivity contribution in [2.24, 2.45) is 5.92 Å². The van der Waals surface area contributed by atoms with E-state index in [0.29, 0.717) is 13.2 Å². The molecule has 0 spiro atoms. The smallest absolute Gasteiger partial charge is 0.407 e. The molecule has 0 saturated heterocycles. The summed E-state index contributed by atoms with van der Waals surface area (Å²) >= 11 is 0. The van der Waals surface area contributed by atoms with Gasteiger partial charge in [-0.25, -0.2) is 4.79 Å². The van der Waals surface area contributed by atoms with Crippen molar-refractivity contribution in [2.75, 3.05) is 13.2 Å². The van der Waals surface area contributed by atoms with Gasteiger partial charge in [-0.15, -0.1) is 0 Å². The quantitative estimate of drug-likeness (QED) is 0.895. The van der Waals surface area contributed by atoms with Gasteiger partial charge in [0.15, 0.2) is 0 Å².